The third kappa shape index (κ3) is 1.97. The Bertz CT molecular complexity index is 331. The molecule has 0 N–H and O–H groups in total. The van der Waals surface area contributed by atoms with Crippen molar-refractivity contribution in [3.05, 3.63) is 17.7 Å². The first-order valence-electron chi connectivity index (χ1n) is 4.37. The quantitative estimate of drug-likeness (QED) is 0.619. The summed E-state index contributed by atoms with van der Waals surface area (Å²) in [7, 11) is 1.85. The van der Waals surface area contributed by atoms with Gasteiger partial charge in [-0.2, -0.15) is 0 Å². The molecule has 0 spiro atoms. The fourth-order valence-electron chi connectivity index (χ4n) is 1.16. The van der Waals surface area contributed by atoms with Crippen LogP contribution in [-0.4, -0.2) is 15.3 Å². The highest BCUT2D eigenvalue weighted by Crippen LogP contribution is 2.19. The van der Waals surface area contributed by atoms with Gasteiger partial charge >= 0.3 is 0 Å². The van der Waals surface area contributed by atoms with Crippen molar-refractivity contribution in [2.24, 2.45) is 12.5 Å². The fraction of sp³-hybridized carbons (Fsp3) is 0.600. The zero-order valence-corrected chi connectivity index (χ0v) is 8.88. The van der Waals surface area contributed by atoms with Gasteiger partial charge in [0, 0.05) is 18.7 Å². The van der Waals surface area contributed by atoms with E-state index in [4.69, 9.17) is 0 Å². The first-order valence-corrected chi connectivity index (χ1v) is 4.37. The standard InChI is InChI=1S/C10H16N2O/c1-7-6-12(5)9(11-7)8(13)10(2,3)4/h6H,1-5H3. The molecular weight excluding hydrogens is 164 g/mol. The highest BCUT2D eigenvalue weighted by Gasteiger charge is 2.26. The monoisotopic (exact) mass is 180 g/mol. The van der Waals surface area contributed by atoms with Crippen LogP contribution in [0.15, 0.2) is 6.20 Å². The minimum Gasteiger partial charge on any atom is -0.331 e. The zero-order chi connectivity index (χ0) is 10.2. The van der Waals surface area contributed by atoms with Crippen molar-refractivity contribution in [2.75, 3.05) is 0 Å². The van der Waals surface area contributed by atoms with E-state index in [1.807, 2.05) is 40.9 Å². The Kier molecular flexibility index (Phi) is 2.28. The topological polar surface area (TPSA) is 34.9 Å². The van der Waals surface area contributed by atoms with E-state index in [0.29, 0.717) is 5.82 Å². The van der Waals surface area contributed by atoms with Gasteiger partial charge in [0.2, 0.25) is 5.78 Å². The summed E-state index contributed by atoms with van der Waals surface area (Å²) in [6.07, 6.45) is 1.86. The maximum atomic E-state index is 11.8. The van der Waals surface area contributed by atoms with Crippen molar-refractivity contribution in [3.63, 3.8) is 0 Å². The predicted molar refractivity (Wildman–Crippen MR) is 51.7 cm³/mol. The Morgan fingerprint density at radius 2 is 2.00 bits per heavy atom. The second-order valence-electron chi connectivity index (χ2n) is 4.40. The molecule has 0 aliphatic carbocycles. The van der Waals surface area contributed by atoms with Crippen molar-refractivity contribution in [1.82, 2.24) is 9.55 Å². The number of hydrogen-bond donors (Lipinski definition) is 0. The number of carbonyl (C=O) groups excluding carboxylic acids is 1. The Balaban J connectivity index is 3.09. The Morgan fingerprint density at radius 1 is 1.46 bits per heavy atom. The number of carbonyl (C=O) groups is 1. The minimum atomic E-state index is -0.356. The summed E-state index contributed by atoms with van der Waals surface area (Å²) >= 11 is 0. The van der Waals surface area contributed by atoms with Crippen LogP contribution in [0.25, 0.3) is 0 Å². The molecule has 0 unspecified atom stereocenters. The highest BCUT2D eigenvalue weighted by molar-refractivity contribution is 5.96. The molecule has 3 nitrogen and oxygen atoms in total. The van der Waals surface area contributed by atoms with Gasteiger partial charge in [-0.05, 0) is 6.92 Å². The molecule has 0 bridgehead atoms. The van der Waals surface area contributed by atoms with Crippen LogP contribution in [0.3, 0.4) is 0 Å². The van der Waals surface area contributed by atoms with Gasteiger partial charge in [-0.25, -0.2) is 4.98 Å². The van der Waals surface area contributed by atoms with Crippen molar-refractivity contribution in [3.8, 4) is 0 Å². The van der Waals surface area contributed by atoms with Gasteiger partial charge in [0.05, 0.1) is 5.69 Å². The molecule has 0 aliphatic rings. The second kappa shape index (κ2) is 2.98. The summed E-state index contributed by atoms with van der Waals surface area (Å²) in [5, 5.41) is 0. The molecule has 3 heteroatoms. The zero-order valence-electron chi connectivity index (χ0n) is 8.88. The summed E-state index contributed by atoms with van der Waals surface area (Å²) in [4.78, 5) is 16.0. The van der Waals surface area contributed by atoms with Crippen molar-refractivity contribution >= 4 is 5.78 Å². The SMILES string of the molecule is Cc1cn(C)c(C(=O)C(C)(C)C)n1. The molecule has 0 aromatic carbocycles. The van der Waals surface area contributed by atoms with Gasteiger partial charge in [-0.1, -0.05) is 20.8 Å². The van der Waals surface area contributed by atoms with Gasteiger partial charge < -0.3 is 4.57 Å². The van der Waals surface area contributed by atoms with Crippen LogP contribution in [0.2, 0.25) is 0 Å². The molecule has 0 saturated carbocycles. The molecular formula is C10H16N2O. The van der Waals surface area contributed by atoms with E-state index in [1.165, 1.54) is 0 Å². The molecule has 0 saturated heterocycles. The molecule has 0 radical (unpaired) electrons. The molecule has 0 fully saturated rings. The number of imidazole rings is 1. The summed E-state index contributed by atoms with van der Waals surface area (Å²) in [5.41, 5.74) is 0.529. The third-order valence-corrected chi connectivity index (χ3v) is 1.88. The van der Waals surface area contributed by atoms with E-state index < -0.39 is 0 Å². The number of aryl methyl sites for hydroxylation is 2. The Hall–Kier alpha value is -1.12. The van der Waals surface area contributed by atoms with Gasteiger partial charge in [-0.15, -0.1) is 0 Å². The number of ketones is 1. The van der Waals surface area contributed by atoms with E-state index in [1.54, 1.807) is 4.57 Å². The number of Topliss-reactive ketones (excluding diaryl/α,β-unsaturated/α-hetero) is 1. The molecule has 1 aromatic heterocycles. The van der Waals surface area contributed by atoms with Crippen molar-refractivity contribution in [2.45, 2.75) is 27.7 Å². The van der Waals surface area contributed by atoms with E-state index in [-0.39, 0.29) is 11.2 Å². The normalized spacial score (nSPS) is 11.8. The van der Waals surface area contributed by atoms with Gasteiger partial charge in [0.25, 0.3) is 0 Å². The largest absolute Gasteiger partial charge is 0.331 e. The maximum absolute atomic E-state index is 11.8. The first-order chi connectivity index (χ1) is 5.82. The Labute approximate surface area is 78.8 Å². The van der Waals surface area contributed by atoms with E-state index in [2.05, 4.69) is 4.98 Å². The van der Waals surface area contributed by atoms with Crippen LogP contribution in [0.1, 0.15) is 37.1 Å². The average Bonchev–Trinajstić information content (AvgIpc) is 2.26. The summed E-state index contributed by atoms with van der Waals surface area (Å²) < 4.78 is 1.78. The molecule has 13 heavy (non-hydrogen) atoms. The first kappa shape index (κ1) is 9.96. The minimum absolute atomic E-state index is 0.0862. The van der Waals surface area contributed by atoms with E-state index in [0.717, 1.165) is 5.69 Å². The third-order valence-electron chi connectivity index (χ3n) is 1.88. The maximum Gasteiger partial charge on any atom is 0.203 e. The lowest BCUT2D eigenvalue weighted by molar-refractivity contribution is 0.0843. The van der Waals surface area contributed by atoms with Gasteiger partial charge in [-0.3, -0.25) is 4.79 Å². The lowest BCUT2D eigenvalue weighted by Crippen LogP contribution is -2.23. The molecule has 0 aliphatic heterocycles. The van der Waals surface area contributed by atoms with E-state index in [9.17, 15) is 4.79 Å². The molecule has 0 amide bonds. The molecule has 1 rings (SSSR count). The van der Waals surface area contributed by atoms with E-state index >= 15 is 0 Å². The summed E-state index contributed by atoms with van der Waals surface area (Å²) in [6.45, 7) is 7.59. The summed E-state index contributed by atoms with van der Waals surface area (Å²) in [5.74, 6) is 0.633. The average molecular weight is 180 g/mol. The smallest absolute Gasteiger partial charge is 0.203 e. The number of nitrogens with zero attached hydrogens (tertiary/aromatic N) is 2. The van der Waals surface area contributed by atoms with Crippen LogP contribution in [-0.2, 0) is 7.05 Å². The molecule has 0 atom stereocenters. The Morgan fingerprint density at radius 3 is 2.31 bits per heavy atom. The van der Waals surface area contributed by atoms with Gasteiger partial charge in [0.15, 0.2) is 5.82 Å². The number of aromatic nitrogens is 2. The van der Waals surface area contributed by atoms with Crippen molar-refractivity contribution < 1.29 is 4.79 Å². The summed E-state index contributed by atoms with van der Waals surface area (Å²) in [6, 6.07) is 0. The number of hydrogen-bond acceptors (Lipinski definition) is 2. The lowest BCUT2D eigenvalue weighted by Gasteiger charge is -2.15. The van der Waals surface area contributed by atoms with Crippen LogP contribution >= 0.6 is 0 Å². The number of rotatable bonds is 1. The molecule has 1 aromatic rings. The van der Waals surface area contributed by atoms with Gasteiger partial charge in [0.1, 0.15) is 0 Å². The second-order valence-corrected chi connectivity index (χ2v) is 4.40. The predicted octanol–water partition coefficient (Wildman–Crippen LogP) is 1.96. The van der Waals surface area contributed by atoms with Crippen LogP contribution in [0.5, 0.6) is 0 Å². The highest BCUT2D eigenvalue weighted by atomic mass is 16.1. The lowest BCUT2D eigenvalue weighted by atomic mass is 9.90. The van der Waals surface area contributed by atoms with Crippen LogP contribution in [0, 0.1) is 12.3 Å². The molecule has 72 valence electrons. The fourth-order valence-corrected chi connectivity index (χ4v) is 1.16. The van der Waals surface area contributed by atoms with Crippen LogP contribution in [0.4, 0.5) is 0 Å². The van der Waals surface area contributed by atoms with Crippen LogP contribution < -0.4 is 0 Å². The van der Waals surface area contributed by atoms with Crippen molar-refractivity contribution in [1.29, 1.82) is 0 Å². The molecule has 1 heterocycles.